The molecule has 4 aromatic carbocycles. The average Bonchev–Trinajstić information content (AvgIpc) is 2.92. The molecule has 0 aliphatic carbocycles. The van der Waals surface area contributed by atoms with Crippen molar-refractivity contribution < 1.29 is 9.59 Å². The number of benzene rings is 4. The molecule has 0 aliphatic heterocycles. The van der Waals surface area contributed by atoms with E-state index in [1.165, 1.54) is 0 Å². The van der Waals surface area contributed by atoms with E-state index < -0.39 is 22.6 Å². The molecule has 36 heavy (non-hydrogen) atoms. The summed E-state index contributed by atoms with van der Waals surface area (Å²) in [4.78, 5) is 28.0. The zero-order valence-corrected chi connectivity index (χ0v) is 19.3. The lowest BCUT2D eigenvalue weighted by Gasteiger charge is -2.48. The van der Waals surface area contributed by atoms with Crippen LogP contribution in [0, 0.1) is 22.7 Å². The molecule has 0 aliphatic rings. The number of carbonyl (C=O) groups excluding carboxylic acids is 2. The summed E-state index contributed by atoms with van der Waals surface area (Å²) >= 11 is 0. The number of hydrogen-bond acceptors (Lipinski definition) is 4. The van der Waals surface area contributed by atoms with Gasteiger partial charge < -0.3 is 11.5 Å². The lowest BCUT2D eigenvalue weighted by molar-refractivity contribution is -0.132. The molecule has 2 atom stereocenters. The van der Waals surface area contributed by atoms with Crippen LogP contribution >= 0.6 is 0 Å². The normalized spacial score (nSPS) is 13.8. The van der Waals surface area contributed by atoms with Crippen molar-refractivity contribution in [3.8, 4) is 12.1 Å². The van der Waals surface area contributed by atoms with Crippen molar-refractivity contribution in [1.29, 1.82) is 10.5 Å². The maximum atomic E-state index is 14.0. The minimum absolute atomic E-state index is 0.149. The van der Waals surface area contributed by atoms with Crippen LogP contribution in [0.15, 0.2) is 109 Å². The molecule has 0 heterocycles. The van der Waals surface area contributed by atoms with Gasteiger partial charge in [0, 0.05) is 0 Å². The highest BCUT2D eigenvalue weighted by Gasteiger charge is 2.64. The van der Waals surface area contributed by atoms with Gasteiger partial charge in [-0.1, -0.05) is 97.1 Å². The Balaban J connectivity index is 2.40. The predicted octanol–water partition coefficient (Wildman–Crippen LogP) is 3.67. The van der Waals surface area contributed by atoms with Gasteiger partial charge in [0.05, 0.1) is 23.3 Å². The monoisotopic (exact) mass is 470 g/mol. The van der Waals surface area contributed by atoms with E-state index >= 15 is 0 Å². The van der Waals surface area contributed by atoms with Crippen molar-refractivity contribution in [2.45, 2.75) is 10.8 Å². The zero-order chi connectivity index (χ0) is 25.8. The molecule has 4 N–H and O–H groups in total. The van der Waals surface area contributed by atoms with Crippen molar-refractivity contribution in [2.75, 3.05) is 0 Å². The molecule has 174 valence electrons. The van der Waals surface area contributed by atoms with E-state index in [9.17, 15) is 20.1 Å². The van der Waals surface area contributed by atoms with Crippen molar-refractivity contribution in [3.05, 3.63) is 143 Å². The molecular formula is C30H22N4O2. The van der Waals surface area contributed by atoms with Gasteiger partial charge in [-0.05, 0) is 34.4 Å². The number of hydrogen-bond donors (Lipinski definition) is 2. The third-order valence-electron chi connectivity index (χ3n) is 6.62. The molecule has 0 unspecified atom stereocenters. The van der Waals surface area contributed by atoms with Crippen molar-refractivity contribution in [2.24, 2.45) is 11.5 Å². The minimum atomic E-state index is -2.00. The second-order valence-electron chi connectivity index (χ2n) is 8.28. The van der Waals surface area contributed by atoms with Gasteiger partial charge in [-0.15, -0.1) is 0 Å². The Morgan fingerprint density at radius 1 is 0.528 bits per heavy atom. The average molecular weight is 471 g/mol. The van der Waals surface area contributed by atoms with Crippen LogP contribution < -0.4 is 11.5 Å². The molecular weight excluding hydrogens is 448 g/mol. The largest absolute Gasteiger partial charge is 0.369 e. The summed E-state index contributed by atoms with van der Waals surface area (Å²) in [7, 11) is 0. The van der Waals surface area contributed by atoms with Gasteiger partial charge in [0.2, 0.25) is 11.8 Å². The molecule has 0 bridgehead atoms. The first kappa shape index (κ1) is 23.9. The third-order valence-corrected chi connectivity index (χ3v) is 6.62. The molecule has 0 spiro atoms. The fraction of sp³-hybridized carbons (Fsp3) is 0.0667. The number of rotatable bonds is 7. The second kappa shape index (κ2) is 9.58. The lowest BCUT2D eigenvalue weighted by Crippen LogP contribution is -2.64. The van der Waals surface area contributed by atoms with Crippen LogP contribution in [0.1, 0.15) is 33.4 Å². The van der Waals surface area contributed by atoms with Crippen LogP contribution in [0.4, 0.5) is 0 Å². The van der Waals surface area contributed by atoms with Gasteiger partial charge in [-0.25, -0.2) is 0 Å². The van der Waals surface area contributed by atoms with E-state index in [0.29, 0.717) is 11.1 Å². The number of nitrogens with two attached hydrogens (primary N) is 2. The Bertz CT molecular complexity index is 1400. The fourth-order valence-electron chi connectivity index (χ4n) is 5.26. The Hall–Kier alpha value is -5.20. The van der Waals surface area contributed by atoms with Crippen molar-refractivity contribution >= 4 is 11.8 Å². The Kier molecular flexibility index (Phi) is 6.37. The first-order valence-corrected chi connectivity index (χ1v) is 11.2. The second-order valence-corrected chi connectivity index (χ2v) is 8.28. The Labute approximate surface area is 209 Å². The highest BCUT2D eigenvalue weighted by molar-refractivity contribution is 6.06. The van der Waals surface area contributed by atoms with E-state index in [-0.39, 0.29) is 22.3 Å². The van der Waals surface area contributed by atoms with Crippen LogP contribution in [0.5, 0.6) is 0 Å². The predicted molar refractivity (Wildman–Crippen MR) is 135 cm³/mol. The lowest BCUT2D eigenvalue weighted by atomic mass is 9.49. The van der Waals surface area contributed by atoms with E-state index in [2.05, 4.69) is 12.1 Å². The molecule has 4 rings (SSSR count). The van der Waals surface area contributed by atoms with E-state index in [1.54, 1.807) is 109 Å². The minimum Gasteiger partial charge on any atom is -0.369 e. The maximum absolute atomic E-state index is 14.0. The summed E-state index contributed by atoms with van der Waals surface area (Å²) in [6, 6.07) is 34.4. The van der Waals surface area contributed by atoms with Gasteiger partial charge in [0.1, 0.15) is 10.8 Å². The molecule has 6 nitrogen and oxygen atoms in total. The highest BCUT2D eigenvalue weighted by atomic mass is 16.2. The van der Waals surface area contributed by atoms with E-state index in [0.717, 1.165) is 0 Å². The number of nitrogens with zero attached hydrogens (tertiary/aromatic N) is 2. The van der Waals surface area contributed by atoms with E-state index in [4.69, 9.17) is 11.5 Å². The van der Waals surface area contributed by atoms with E-state index in [1.807, 2.05) is 0 Å². The van der Waals surface area contributed by atoms with Crippen LogP contribution in [0.2, 0.25) is 0 Å². The van der Waals surface area contributed by atoms with Gasteiger partial charge in [0.15, 0.2) is 0 Å². The summed E-state index contributed by atoms with van der Waals surface area (Å²) in [5.74, 6) is -1.79. The summed E-state index contributed by atoms with van der Waals surface area (Å²) in [6.45, 7) is 0. The van der Waals surface area contributed by atoms with Crippen LogP contribution in [0.3, 0.4) is 0 Å². The fourth-order valence-corrected chi connectivity index (χ4v) is 5.26. The van der Waals surface area contributed by atoms with Gasteiger partial charge in [-0.3, -0.25) is 9.59 Å². The summed E-state index contributed by atoms with van der Waals surface area (Å²) in [6.07, 6.45) is 0. The first-order valence-electron chi connectivity index (χ1n) is 11.2. The first-order chi connectivity index (χ1) is 17.5. The number of amides is 2. The van der Waals surface area contributed by atoms with Crippen LogP contribution in [0.25, 0.3) is 0 Å². The molecule has 2 amide bonds. The van der Waals surface area contributed by atoms with Crippen LogP contribution in [-0.2, 0) is 20.4 Å². The molecule has 0 radical (unpaired) electrons. The number of carbonyl (C=O) groups is 2. The topological polar surface area (TPSA) is 134 Å². The molecule has 0 aromatic heterocycles. The quantitative estimate of drug-likeness (QED) is 0.426. The SMILES string of the molecule is N#Cc1ccccc1[C@](C(N)=O)(c1ccccc1)[C@@](C(N)=O)(c1ccccc1)c1ccccc1C#N. The number of primary amides is 2. The smallest absolute Gasteiger partial charge is 0.234 e. The maximum Gasteiger partial charge on any atom is 0.234 e. The van der Waals surface area contributed by atoms with Gasteiger partial charge in [-0.2, -0.15) is 10.5 Å². The summed E-state index contributed by atoms with van der Waals surface area (Å²) in [5.41, 5.74) is 10.1. The molecule has 0 saturated heterocycles. The Morgan fingerprint density at radius 3 is 1.14 bits per heavy atom. The summed E-state index contributed by atoms with van der Waals surface area (Å²) in [5, 5.41) is 20.2. The standard InChI is InChI=1S/C30H22N4O2/c31-19-21-11-7-9-17-25(21)29(27(33)35,23-13-3-1-4-14-23)30(28(34)36,24-15-5-2-6-16-24)26-18-10-8-12-22(26)20-32/h1-18H,(H2,33,35)(H2,34,36)/t29-,30-/m0/s1. The molecule has 6 heteroatoms. The highest BCUT2D eigenvalue weighted by Crippen LogP contribution is 2.54. The van der Waals surface area contributed by atoms with Crippen molar-refractivity contribution in [3.63, 3.8) is 0 Å². The van der Waals surface area contributed by atoms with Crippen molar-refractivity contribution in [1.82, 2.24) is 0 Å². The molecule has 0 fully saturated rings. The summed E-state index contributed by atoms with van der Waals surface area (Å²) < 4.78 is 0. The van der Waals surface area contributed by atoms with Gasteiger partial charge in [0.25, 0.3) is 0 Å². The number of nitriles is 2. The van der Waals surface area contributed by atoms with Gasteiger partial charge >= 0.3 is 0 Å². The van der Waals surface area contributed by atoms with Crippen LogP contribution in [-0.4, -0.2) is 11.8 Å². The Morgan fingerprint density at radius 2 is 0.833 bits per heavy atom. The zero-order valence-electron chi connectivity index (χ0n) is 19.3. The molecule has 0 saturated carbocycles. The third kappa shape index (κ3) is 3.33. The molecule has 4 aromatic rings.